The number of hydrogen-bond donors (Lipinski definition) is 8. The summed E-state index contributed by atoms with van der Waals surface area (Å²) in [6.45, 7) is 4.03. The van der Waals surface area contributed by atoms with Gasteiger partial charge in [-0.1, -0.05) is 66.7 Å². The third kappa shape index (κ3) is 5.37. The number of rotatable bonds is 5. The van der Waals surface area contributed by atoms with Crippen molar-refractivity contribution in [3.05, 3.63) is 167 Å². The second kappa shape index (κ2) is 12.7. The van der Waals surface area contributed by atoms with Crippen LogP contribution in [0.2, 0.25) is 0 Å². The van der Waals surface area contributed by atoms with Crippen molar-refractivity contribution in [1.82, 2.24) is 0 Å². The molecular weight excluding hydrogens is 717 g/mol. The first-order valence-electron chi connectivity index (χ1n) is 18.3. The molecule has 0 aliphatic heterocycles. The van der Waals surface area contributed by atoms with Crippen LogP contribution in [0.25, 0.3) is 55.7 Å². The fourth-order valence-electron chi connectivity index (χ4n) is 8.59. The van der Waals surface area contributed by atoms with E-state index in [0.29, 0.717) is 22.3 Å². The normalized spacial score (nSPS) is 13.8. The maximum atomic E-state index is 10.5. The number of phenols is 8. The number of fused-ring (bicyclic) bond motifs is 7. The van der Waals surface area contributed by atoms with Gasteiger partial charge in [0.15, 0.2) is 46.0 Å². The molecular formula is C49H36O8. The molecule has 0 radical (unpaired) electrons. The Labute approximate surface area is 327 Å². The topological polar surface area (TPSA) is 162 Å². The van der Waals surface area contributed by atoms with Gasteiger partial charge in [-0.15, -0.1) is 0 Å². The smallest absolute Gasteiger partial charge is 0.158 e. The molecule has 0 fully saturated rings. The second-order valence-electron chi connectivity index (χ2n) is 14.7. The van der Waals surface area contributed by atoms with Gasteiger partial charge in [0.1, 0.15) is 0 Å². The third-order valence-corrected chi connectivity index (χ3v) is 11.5. The first-order chi connectivity index (χ1) is 27.3. The van der Waals surface area contributed by atoms with E-state index in [1.165, 1.54) is 48.5 Å². The van der Waals surface area contributed by atoms with E-state index in [9.17, 15) is 40.9 Å². The lowest BCUT2D eigenvalue weighted by atomic mass is 9.68. The van der Waals surface area contributed by atoms with Gasteiger partial charge in [0.05, 0.1) is 5.41 Å². The molecule has 0 atom stereocenters. The van der Waals surface area contributed by atoms with E-state index in [-0.39, 0.29) is 46.0 Å². The Hall–Kier alpha value is -7.58. The first kappa shape index (κ1) is 35.1. The standard InChI is InChI=1S/C49H36O8/c1-25(27-6-13-41(50)45(54)21-27)17-37-26(2)34-10-3-28(31-7-14-42(51)46(55)22-31)18-38(34)49(37)39-19-29(32-8-15-43(52)47(56)23-32)4-11-35(39)36-12-5-30(20-40(36)49)33-9-16-44(53)48(57)24-33/h3-24,50-57H,1-2H3. The van der Waals surface area contributed by atoms with Gasteiger partial charge in [-0.05, 0) is 170 Å². The van der Waals surface area contributed by atoms with E-state index in [4.69, 9.17) is 0 Å². The Morgan fingerprint density at radius 1 is 0.386 bits per heavy atom. The van der Waals surface area contributed by atoms with Gasteiger partial charge in [0.25, 0.3) is 0 Å². The Morgan fingerprint density at radius 2 is 0.719 bits per heavy atom. The highest BCUT2D eigenvalue weighted by Gasteiger charge is 2.52. The van der Waals surface area contributed by atoms with Crippen LogP contribution in [0.3, 0.4) is 0 Å². The van der Waals surface area contributed by atoms with Crippen molar-refractivity contribution in [1.29, 1.82) is 0 Å². The third-order valence-electron chi connectivity index (χ3n) is 11.5. The van der Waals surface area contributed by atoms with Crippen LogP contribution in [0.1, 0.15) is 41.7 Å². The summed E-state index contributed by atoms with van der Waals surface area (Å²) in [6.07, 6.45) is 2.12. The maximum Gasteiger partial charge on any atom is 0.158 e. The summed E-state index contributed by atoms with van der Waals surface area (Å²) in [5.74, 6) is -1.87. The van der Waals surface area contributed by atoms with Crippen molar-refractivity contribution in [3.63, 3.8) is 0 Å². The minimum Gasteiger partial charge on any atom is -0.504 e. The van der Waals surface area contributed by atoms with Crippen LogP contribution < -0.4 is 0 Å². The Kier molecular flexibility index (Phi) is 7.86. The SMILES string of the molecule is CC(=CC1=C(C)c2ccc(-c3ccc(O)c(O)c3)cc2C12c1cc(-c3ccc(O)c(O)c3)ccc1-c1ccc(-c3ccc(O)c(O)c3)cc12)c1ccc(O)c(O)c1. The van der Waals surface area contributed by atoms with Crippen LogP contribution in [-0.2, 0) is 5.41 Å². The zero-order chi connectivity index (χ0) is 39.9. The van der Waals surface area contributed by atoms with Crippen LogP contribution >= 0.6 is 0 Å². The largest absolute Gasteiger partial charge is 0.504 e. The number of phenolic OH excluding ortho intramolecular Hbond substituents is 8. The van der Waals surface area contributed by atoms with E-state index >= 15 is 0 Å². The number of allylic oxidation sites excluding steroid dienone is 4. The number of benzene rings is 7. The average molecular weight is 753 g/mol. The monoisotopic (exact) mass is 752 g/mol. The predicted octanol–water partition coefficient (Wildman–Crippen LogP) is 10.5. The zero-order valence-electron chi connectivity index (χ0n) is 30.8. The Bertz CT molecular complexity index is 2820. The highest BCUT2D eigenvalue weighted by Crippen LogP contribution is 2.64. The highest BCUT2D eigenvalue weighted by atomic mass is 16.3. The number of hydrogen-bond acceptors (Lipinski definition) is 8. The second-order valence-corrected chi connectivity index (χ2v) is 14.7. The van der Waals surface area contributed by atoms with Gasteiger partial charge in [-0.2, -0.15) is 0 Å². The van der Waals surface area contributed by atoms with E-state index in [2.05, 4.69) is 49.4 Å². The molecule has 0 bridgehead atoms. The predicted molar refractivity (Wildman–Crippen MR) is 221 cm³/mol. The molecule has 57 heavy (non-hydrogen) atoms. The molecule has 2 aliphatic rings. The minimum atomic E-state index is -0.983. The van der Waals surface area contributed by atoms with Gasteiger partial charge in [-0.25, -0.2) is 0 Å². The van der Waals surface area contributed by atoms with Gasteiger partial charge in [-0.3, -0.25) is 0 Å². The first-order valence-corrected chi connectivity index (χ1v) is 18.3. The molecule has 8 heteroatoms. The quantitative estimate of drug-likeness (QED) is 0.0806. The fourth-order valence-corrected chi connectivity index (χ4v) is 8.59. The van der Waals surface area contributed by atoms with Gasteiger partial charge < -0.3 is 40.9 Å². The average Bonchev–Trinajstić information content (AvgIpc) is 3.63. The summed E-state index contributed by atoms with van der Waals surface area (Å²) in [4.78, 5) is 0. The van der Waals surface area contributed by atoms with Crippen molar-refractivity contribution in [2.24, 2.45) is 0 Å². The van der Waals surface area contributed by atoms with Crippen molar-refractivity contribution in [3.8, 4) is 90.5 Å². The molecule has 7 aromatic carbocycles. The Morgan fingerprint density at radius 3 is 1.12 bits per heavy atom. The molecule has 8 nitrogen and oxygen atoms in total. The number of aromatic hydroxyl groups is 8. The fraction of sp³-hybridized carbons (Fsp3) is 0.0612. The van der Waals surface area contributed by atoms with Gasteiger partial charge >= 0.3 is 0 Å². The summed E-state index contributed by atoms with van der Waals surface area (Å²) >= 11 is 0. The Balaban J connectivity index is 1.39. The van der Waals surface area contributed by atoms with Gasteiger partial charge in [0.2, 0.25) is 0 Å². The summed E-state index contributed by atoms with van der Waals surface area (Å²) in [5, 5.41) is 82.8. The van der Waals surface area contributed by atoms with E-state index < -0.39 is 5.41 Å². The van der Waals surface area contributed by atoms with E-state index in [1.54, 1.807) is 24.3 Å². The summed E-state index contributed by atoms with van der Waals surface area (Å²) in [6, 6.07) is 37.5. The molecule has 8 N–H and O–H groups in total. The molecule has 2 aliphatic carbocycles. The van der Waals surface area contributed by atoms with Crippen molar-refractivity contribution in [2.45, 2.75) is 19.3 Å². The molecule has 9 rings (SSSR count). The molecule has 7 aromatic rings. The van der Waals surface area contributed by atoms with Crippen LogP contribution in [0, 0.1) is 0 Å². The lowest BCUT2D eigenvalue weighted by molar-refractivity contribution is 0.403. The minimum absolute atomic E-state index is 0.223. The highest BCUT2D eigenvalue weighted by molar-refractivity contribution is 5.99. The van der Waals surface area contributed by atoms with Gasteiger partial charge in [0, 0.05) is 0 Å². The zero-order valence-corrected chi connectivity index (χ0v) is 30.8. The summed E-state index contributed by atoms with van der Waals surface area (Å²) in [5.41, 5.74) is 12.7. The lowest BCUT2D eigenvalue weighted by Gasteiger charge is -2.33. The van der Waals surface area contributed by atoms with Crippen LogP contribution in [-0.4, -0.2) is 40.9 Å². The van der Waals surface area contributed by atoms with Crippen LogP contribution in [0.5, 0.6) is 46.0 Å². The molecule has 0 heterocycles. The lowest BCUT2D eigenvalue weighted by Crippen LogP contribution is -2.27. The summed E-state index contributed by atoms with van der Waals surface area (Å²) in [7, 11) is 0. The van der Waals surface area contributed by atoms with E-state index in [0.717, 1.165) is 66.8 Å². The van der Waals surface area contributed by atoms with Crippen molar-refractivity contribution < 1.29 is 40.9 Å². The van der Waals surface area contributed by atoms with Crippen LogP contribution in [0.15, 0.2) is 139 Å². The molecule has 0 amide bonds. The molecule has 0 unspecified atom stereocenters. The molecule has 0 aromatic heterocycles. The van der Waals surface area contributed by atoms with Crippen molar-refractivity contribution in [2.75, 3.05) is 0 Å². The van der Waals surface area contributed by atoms with E-state index in [1.807, 2.05) is 25.1 Å². The maximum absolute atomic E-state index is 10.5. The van der Waals surface area contributed by atoms with Crippen LogP contribution in [0.4, 0.5) is 0 Å². The summed E-state index contributed by atoms with van der Waals surface area (Å²) < 4.78 is 0. The molecule has 1 spiro atoms. The van der Waals surface area contributed by atoms with Crippen molar-refractivity contribution >= 4 is 11.1 Å². The molecule has 0 saturated heterocycles. The molecule has 0 saturated carbocycles. The molecule has 280 valence electrons.